The molecule has 1 N–H and O–H groups in total. The molecule has 2 heterocycles. The van der Waals surface area contributed by atoms with E-state index >= 15 is 0 Å². The summed E-state index contributed by atoms with van der Waals surface area (Å²) < 4.78 is 11.3. The molecule has 3 rings (SSSR count). The number of benzene rings is 1. The second kappa shape index (κ2) is 8.17. The molecule has 7 heteroatoms. The summed E-state index contributed by atoms with van der Waals surface area (Å²) >= 11 is 7.38. The van der Waals surface area contributed by atoms with Crippen molar-refractivity contribution in [2.45, 2.75) is 39.4 Å². The minimum Gasteiger partial charge on any atom is -0.486 e. The van der Waals surface area contributed by atoms with Crippen molar-refractivity contribution < 1.29 is 14.3 Å². The number of aromatic nitrogens is 1. The standard InChI is InChI=1S/C18H21ClN2O3S/c1-11-8-13(5-6-15(11)19)24-10-16-21-12(2)17(25-16)18(22)20-9-14-4-3-7-23-14/h5-6,8,14H,3-4,7,9-10H2,1-2H3,(H,20,22). The Balaban J connectivity index is 1.57. The summed E-state index contributed by atoms with van der Waals surface area (Å²) in [6, 6.07) is 5.52. The lowest BCUT2D eigenvalue weighted by Gasteiger charge is -2.09. The first kappa shape index (κ1) is 18.2. The highest BCUT2D eigenvalue weighted by atomic mass is 35.5. The maximum Gasteiger partial charge on any atom is 0.263 e. The minimum absolute atomic E-state index is 0.0981. The van der Waals surface area contributed by atoms with Gasteiger partial charge in [-0.1, -0.05) is 11.6 Å². The topological polar surface area (TPSA) is 60.5 Å². The van der Waals surface area contributed by atoms with Gasteiger partial charge < -0.3 is 14.8 Å². The Morgan fingerprint density at radius 3 is 3.04 bits per heavy atom. The van der Waals surface area contributed by atoms with Gasteiger partial charge in [-0.15, -0.1) is 11.3 Å². The first-order chi connectivity index (χ1) is 12.0. The Labute approximate surface area is 156 Å². The number of rotatable bonds is 6. The number of ether oxygens (including phenoxy) is 2. The molecule has 1 atom stereocenters. The third-order valence-electron chi connectivity index (χ3n) is 4.05. The van der Waals surface area contributed by atoms with Crippen LogP contribution in [0.1, 0.15) is 38.8 Å². The summed E-state index contributed by atoms with van der Waals surface area (Å²) in [4.78, 5) is 17.4. The smallest absolute Gasteiger partial charge is 0.263 e. The van der Waals surface area contributed by atoms with Gasteiger partial charge in [-0.25, -0.2) is 4.98 Å². The highest BCUT2D eigenvalue weighted by molar-refractivity contribution is 7.13. The van der Waals surface area contributed by atoms with Crippen LogP contribution in [-0.2, 0) is 11.3 Å². The van der Waals surface area contributed by atoms with Crippen LogP contribution in [0.4, 0.5) is 0 Å². The second-order valence-corrected chi connectivity index (χ2v) is 7.56. The summed E-state index contributed by atoms with van der Waals surface area (Å²) in [6.07, 6.45) is 2.20. The lowest BCUT2D eigenvalue weighted by atomic mass is 10.2. The van der Waals surface area contributed by atoms with Gasteiger partial charge >= 0.3 is 0 Å². The summed E-state index contributed by atoms with van der Waals surface area (Å²) in [5.74, 6) is 0.637. The van der Waals surface area contributed by atoms with Crippen molar-refractivity contribution in [1.29, 1.82) is 0 Å². The minimum atomic E-state index is -0.0981. The van der Waals surface area contributed by atoms with Gasteiger partial charge in [0, 0.05) is 18.2 Å². The fraction of sp³-hybridized carbons (Fsp3) is 0.444. The third-order valence-corrected chi connectivity index (χ3v) is 5.61. The predicted molar refractivity (Wildman–Crippen MR) is 98.7 cm³/mol. The van der Waals surface area contributed by atoms with E-state index in [0.29, 0.717) is 23.1 Å². The molecule has 1 unspecified atom stereocenters. The van der Waals surface area contributed by atoms with E-state index in [-0.39, 0.29) is 12.0 Å². The van der Waals surface area contributed by atoms with Crippen LogP contribution in [0.5, 0.6) is 5.75 Å². The van der Waals surface area contributed by atoms with Crippen LogP contribution in [0.25, 0.3) is 0 Å². The summed E-state index contributed by atoms with van der Waals surface area (Å²) in [5.41, 5.74) is 1.68. The van der Waals surface area contributed by atoms with Gasteiger partial charge in [0.15, 0.2) is 0 Å². The lowest BCUT2D eigenvalue weighted by Crippen LogP contribution is -2.31. The summed E-state index contributed by atoms with van der Waals surface area (Å²) in [6.45, 7) is 5.43. The first-order valence-corrected chi connectivity index (χ1v) is 9.47. The molecule has 1 aromatic carbocycles. The van der Waals surface area contributed by atoms with Gasteiger partial charge in [-0.3, -0.25) is 4.79 Å². The molecule has 5 nitrogen and oxygen atoms in total. The van der Waals surface area contributed by atoms with Gasteiger partial charge in [-0.2, -0.15) is 0 Å². The summed E-state index contributed by atoms with van der Waals surface area (Å²) in [5, 5.41) is 4.42. The number of carbonyl (C=O) groups is 1. The normalized spacial score (nSPS) is 16.8. The molecule has 0 saturated carbocycles. The Bertz CT molecular complexity index is 757. The van der Waals surface area contributed by atoms with Crippen LogP contribution < -0.4 is 10.1 Å². The lowest BCUT2D eigenvalue weighted by molar-refractivity contribution is 0.0860. The molecule has 1 fully saturated rings. The highest BCUT2D eigenvalue weighted by Gasteiger charge is 2.19. The number of aryl methyl sites for hydroxylation is 2. The molecule has 0 bridgehead atoms. The zero-order valence-electron chi connectivity index (χ0n) is 14.3. The van der Waals surface area contributed by atoms with Gasteiger partial charge in [-0.05, 0) is 50.5 Å². The molecule has 0 aliphatic carbocycles. The van der Waals surface area contributed by atoms with E-state index in [1.165, 1.54) is 11.3 Å². The van der Waals surface area contributed by atoms with E-state index in [2.05, 4.69) is 10.3 Å². The molecule has 1 aromatic heterocycles. The Kier molecular flexibility index (Phi) is 5.93. The number of carbonyl (C=O) groups excluding carboxylic acids is 1. The molecule has 134 valence electrons. The molecule has 1 aliphatic heterocycles. The van der Waals surface area contributed by atoms with E-state index in [1.54, 1.807) is 0 Å². The number of hydrogen-bond acceptors (Lipinski definition) is 5. The number of nitrogens with one attached hydrogen (secondary N) is 1. The summed E-state index contributed by atoms with van der Waals surface area (Å²) in [7, 11) is 0. The highest BCUT2D eigenvalue weighted by Crippen LogP contribution is 2.24. The van der Waals surface area contributed by atoms with Crippen LogP contribution in [0, 0.1) is 13.8 Å². The molecule has 25 heavy (non-hydrogen) atoms. The van der Waals surface area contributed by atoms with Crippen LogP contribution in [-0.4, -0.2) is 30.1 Å². The van der Waals surface area contributed by atoms with Crippen LogP contribution in [0.2, 0.25) is 5.02 Å². The molecule has 2 aromatic rings. The second-order valence-electron chi connectivity index (χ2n) is 6.07. The largest absolute Gasteiger partial charge is 0.486 e. The van der Waals surface area contributed by atoms with Gasteiger partial charge in [0.2, 0.25) is 0 Å². The maximum absolute atomic E-state index is 12.3. The maximum atomic E-state index is 12.3. The van der Waals surface area contributed by atoms with Crippen molar-refractivity contribution in [2.75, 3.05) is 13.2 Å². The van der Waals surface area contributed by atoms with Crippen molar-refractivity contribution in [3.8, 4) is 5.75 Å². The monoisotopic (exact) mass is 380 g/mol. The van der Waals surface area contributed by atoms with E-state index < -0.39 is 0 Å². The zero-order valence-corrected chi connectivity index (χ0v) is 15.9. The van der Waals surface area contributed by atoms with Crippen LogP contribution in [0.15, 0.2) is 18.2 Å². The number of hydrogen-bond donors (Lipinski definition) is 1. The molecular weight excluding hydrogens is 360 g/mol. The van der Waals surface area contributed by atoms with Gasteiger partial charge in [0.05, 0.1) is 11.8 Å². The quantitative estimate of drug-likeness (QED) is 0.825. The van der Waals surface area contributed by atoms with Crippen molar-refractivity contribution >= 4 is 28.8 Å². The van der Waals surface area contributed by atoms with E-state index in [4.69, 9.17) is 21.1 Å². The van der Waals surface area contributed by atoms with Crippen molar-refractivity contribution in [3.63, 3.8) is 0 Å². The van der Waals surface area contributed by atoms with E-state index in [0.717, 1.165) is 41.5 Å². The predicted octanol–water partition coefficient (Wildman–Crippen LogP) is 3.90. The first-order valence-electron chi connectivity index (χ1n) is 8.28. The fourth-order valence-corrected chi connectivity index (χ4v) is 3.68. The Morgan fingerprint density at radius 1 is 1.48 bits per heavy atom. The number of halogens is 1. The molecule has 0 radical (unpaired) electrons. The molecular formula is C18H21ClN2O3S. The van der Waals surface area contributed by atoms with Crippen LogP contribution in [0.3, 0.4) is 0 Å². The Hall–Kier alpha value is -1.63. The molecule has 1 amide bonds. The Morgan fingerprint density at radius 2 is 2.32 bits per heavy atom. The van der Waals surface area contributed by atoms with Crippen molar-refractivity contribution in [3.05, 3.63) is 44.4 Å². The SMILES string of the molecule is Cc1cc(OCc2nc(C)c(C(=O)NCC3CCCO3)s2)ccc1Cl. The average Bonchev–Trinajstić information content (AvgIpc) is 3.23. The van der Waals surface area contributed by atoms with E-state index in [1.807, 2.05) is 32.0 Å². The average molecular weight is 381 g/mol. The van der Waals surface area contributed by atoms with Crippen molar-refractivity contribution in [1.82, 2.24) is 10.3 Å². The zero-order chi connectivity index (χ0) is 17.8. The number of amides is 1. The van der Waals surface area contributed by atoms with E-state index in [9.17, 15) is 4.79 Å². The van der Waals surface area contributed by atoms with Crippen molar-refractivity contribution in [2.24, 2.45) is 0 Å². The van der Waals surface area contributed by atoms with Gasteiger partial charge in [0.25, 0.3) is 5.91 Å². The van der Waals surface area contributed by atoms with Crippen LogP contribution >= 0.6 is 22.9 Å². The fourth-order valence-electron chi connectivity index (χ4n) is 2.67. The molecule has 1 saturated heterocycles. The third kappa shape index (κ3) is 4.71. The number of thiazole rings is 1. The molecule has 1 aliphatic rings. The van der Waals surface area contributed by atoms with Gasteiger partial charge in [0.1, 0.15) is 22.2 Å². The number of nitrogens with zero attached hydrogens (tertiary/aromatic N) is 1. The molecule has 0 spiro atoms.